The standard InChI is InChI=1S/C18H25N5/c1-2-9-22(8-1)18-6-5-16(12-20-18)13-23-10-3-4-17(23)14-21-11-7-19-15-21/h5-7,11-12,15,17H,1-4,8-10,13-14H2/t17-/m1/s1. The fourth-order valence-electron chi connectivity index (χ4n) is 3.83. The second-order valence-corrected chi connectivity index (χ2v) is 6.74. The van der Waals surface area contributed by atoms with Crippen LogP contribution < -0.4 is 4.90 Å². The average molecular weight is 311 g/mol. The molecule has 0 saturated carbocycles. The Bertz CT molecular complexity index is 601. The Balaban J connectivity index is 1.38. The molecule has 5 nitrogen and oxygen atoms in total. The molecule has 0 amide bonds. The summed E-state index contributed by atoms with van der Waals surface area (Å²) >= 11 is 0. The molecule has 2 aromatic rings. The molecule has 2 fully saturated rings. The SMILES string of the molecule is c1cn(C[C@H]2CCCN2Cc2ccc(N3CCCC3)nc2)cn1. The van der Waals surface area contributed by atoms with Crippen LogP contribution in [0.1, 0.15) is 31.2 Å². The van der Waals surface area contributed by atoms with E-state index in [4.69, 9.17) is 0 Å². The van der Waals surface area contributed by atoms with Gasteiger partial charge in [0.1, 0.15) is 5.82 Å². The molecule has 5 heteroatoms. The number of hydrogen-bond acceptors (Lipinski definition) is 4. The Morgan fingerprint density at radius 2 is 2.00 bits per heavy atom. The Kier molecular flexibility index (Phi) is 4.28. The summed E-state index contributed by atoms with van der Waals surface area (Å²) in [5.74, 6) is 1.14. The van der Waals surface area contributed by atoms with Gasteiger partial charge < -0.3 is 9.47 Å². The van der Waals surface area contributed by atoms with Crippen LogP contribution in [0.25, 0.3) is 0 Å². The zero-order valence-corrected chi connectivity index (χ0v) is 13.6. The van der Waals surface area contributed by atoms with Gasteiger partial charge in [-0.25, -0.2) is 9.97 Å². The zero-order chi connectivity index (χ0) is 15.5. The highest BCUT2D eigenvalue weighted by Gasteiger charge is 2.24. The number of likely N-dealkylation sites (tertiary alicyclic amines) is 1. The predicted molar refractivity (Wildman–Crippen MR) is 91.3 cm³/mol. The maximum atomic E-state index is 4.69. The van der Waals surface area contributed by atoms with Gasteiger partial charge >= 0.3 is 0 Å². The minimum Gasteiger partial charge on any atom is -0.357 e. The van der Waals surface area contributed by atoms with Gasteiger partial charge in [-0.05, 0) is 43.9 Å². The van der Waals surface area contributed by atoms with Crippen LogP contribution in [-0.4, -0.2) is 45.1 Å². The van der Waals surface area contributed by atoms with E-state index in [2.05, 4.69) is 48.9 Å². The van der Waals surface area contributed by atoms with Gasteiger partial charge in [-0.3, -0.25) is 4.90 Å². The van der Waals surface area contributed by atoms with Crippen molar-refractivity contribution in [2.45, 2.75) is 44.8 Å². The summed E-state index contributed by atoms with van der Waals surface area (Å²) in [6.45, 7) is 5.55. The van der Waals surface area contributed by atoms with E-state index in [1.54, 1.807) is 0 Å². The minimum atomic E-state index is 0.613. The summed E-state index contributed by atoms with van der Waals surface area (Å²) in [7, 11) is 0. The number of pyridine rings is 1. The number of imidazole rings is 1. The van der Waals surface area contributed by atoms with Gasteiger partial charge in [-0.2, -0.15) is 0 Å². The summed E-state index contributed by atoms with van der Waals surface area (Å²) in [6, 6.07) is 5.07. The van der Waals surface area contributed by atoms with Crippen molar-refractivity contribution in [3.8, 4) is 0 Å². The minimum absolute atomic E-state index is 0.613. The van der Waals surface area contributed by atoms with Gasteiger partial charge in [0, 0.05) is 50.8 Å². The normalized spacial score (nSPS) is 22.1. The highest BCUT2D eigenvalue weighted by atomic mass is 15.2. The summed E-state index contributed by atoms with van der Waals surface area (Å²) in [6.07, 6.45) is 13.1. The van der Waals surface area contributed by atoms with Crippen LogP contribution in [0.5, 0.6) is 0 Å². The van der Waals surface area contributed by atoms with Crippen molar-refractivity contribution in [3.63, 3.8) is 0 Å². The zero-order valence-electron chi connectivity index (χ0n) is 13.6. The Morgan fingerprint density at radius 3 is 2.74 bits per heavy atom. The largest absolute Gasteiger partial charge is 0.357 e. The highest BCUT2D eigenvalue weighted by Crippen LogP contribution is 2.23. The van der Waals surface area contributed by atoms with Crippen LogP contribution in [0, 0.1) is 0 Å². The van der Waals surface area contributed by atoms with E-state index in [0.29, 0.717) is 6.04 Å². The summed E-state index contributed by atoms with van der Waals surface area (Å²) in [5, 5.41) is 0. The Labute approximate surface area is 138 Å². The van der Waals surface area contributed by atoms with E-state index in [1.807, 2.05) is 12.5 Å². The molecule has 0 radical (unpaired) electrons. The van der Waals surface area contributed by atoms with Gasteiger partial charge in [-0.1, -0.05) is 6.07 Å². The fraction of sp³-hybridized carbons (Fsp3) is 0.556. The van der Waals surface area contributed by atoms with Gasteiger partial charge in [0.2, 0.25) is 0 Å². The second-order valence-electron chi connectivity index (χ2n) is 6.74. The molecule has 0 spiro atoms. The maximum absolute atomic E-state index is 4.69. The number of nitrogens with zero attached hydrogens (tertiary/aromatic N) is 5. The van der Waals surface area contributed by atoms with Crippen molar-refractivity contribution in [1.82, 2.24) is 19.4 Å². The third kappa shape index (κ3) is 3.39. The third-order valence-electron chi connectivity index (χ3n) is 5.10. The quantitative estimate of drug-likeness (QED) is 0.850. The smallest absolute Gasteiger partial charge is 0.128 e. The third-order valence-corrected chi connectivity index (χ3v) is 5.10. The number of hydrogen-bond donors (Lipinski definition) is 0. The molecule has 4 heterocycles. The van der Waals surface area contributed by atoms with E-state index in [9.17, 15) is 0 Å². The lowest BCUT2D eigenvalue weighted by Crippen LogP contribution is -2.32. The van der Waals surface area contributed by atoms with E-state index in [1.165, 1.54) is 37.8 Å². The van der Waals surface area contributed by atoms with Crippen molar-refractivity contribution in [2.75, 3.05) is 24.5 Å². The summed E-state index contributed by atoms with van der Waals surface area (Å²) in [4.78, 5) is 13.8. The fourth-order valence-corrected chi connectivity index (χ4v) is 3.83. The highest BCUT2D eigenvalue weighted by molar-refractivity contribution is 5.40. The summed E-state index contributed by atoms with van der Waals surface area (Å²) < 4.78 is 2.19. The molecule has 0 N–H and O–H groups in total. The average Bonchev–Trinajstić information content (AvgIpc) is 3.32. The molecule has 0 aromatic carbocycles. The maximum Gasteiger partial charge on any atom is 0.128 e. The van der Waals surface area contributed by atoms with Crippen molar-refractivity contribution in [1.29, 1.82) is 0 Å². The van der Waals surface area contributed by atoms with Crippen LogP contribution in [0.2, 0.25) is 0 Å². The number of rotatable bonds is 5. The molecule has 2 aliphatic heterocycles. The van der Waals surface area contributed by atoms with Crippen molar-refractivity contribution in [3.05, 3.63) is 42.6 Å². The van der Waals surface area contributed by atoms with E-state index < -0.39 is 0 Å². The molecule has 2 saturated heterocycles. The first-order valence-electron chi connectivity index (χ1n) is 8.78. The molecule has 2 aromatic heterocycles. The number of aromatic nitrogens is 3. The van der Waals surface area contributed by atoms with E-state index >= 15 is 0 Å². The molecule has 2 aliphatic rings. The Morgan fingerprint density at radius 1 is 1.09 bits per heavy atom. The lowest BCUT2D eigenvalue weighted by Gasteiger charge is -2.25. The van der Waals surface area contributed by atoms with Crippen LogP contribution >= 0.6 is 0 Å². The number of anilines is 1. The molecule has 122 valence electrons. The molecule has 0 aliphatic carbocycles. The van der Waals surface area contributed by atoms with Crippen molar-refractivity contribution < 1.29 is 0 Å². The topological polar surface area (TPSA) is 37.2 Å². The molecule has 0 unspecified atom stereocenters. The Hall–Kier alpha value is -1.88. The molecule has 23 heavy (non-hydrogen) atoms. The van der Waals surface area contributed by atoms with Gasteiger partial charge in [0.15, 0.2) is 0 Å². The van der Waals surface area contributed by atoms with Gasteiger partial charge in [0.25, 0.3) is 0 Å². The van der Waals surface area contributed by atoms with Crippen LogP contribution in [0.4, 0.5) is 5.82 Å². The molecule has 0 bridgehead atoms. The van der Waals surface area contributed by atoms with Gasteiger partial charge in [0.05, 0.1) is 6.33 Å². The lowest BCUT2D eigenvalue weighted by atomic mass is 10.2. The first-order valence-corrected chi connectivity index (χ1v) is 8.78. The second kappa shape index (κ2) is 6.71. The van der Waals surface area contributed by atoms with E-state index in [-0.39, 0.29) is 0 Å². The molecule has 1 atom stereocenters. The van der Waals surface area contributed by atoms with Gasteiger partial charge in [-0.15, -0.1) is 0 Å². The van der Waals surface area contributed by atoms with Crippen LogP contribution in [-0.2, 0) is 13.1 Å². The van der Waals surface area contributed by atoms with Crippen LogP contribution in [0.15, 0.2) is 37.1 Å². The summed E-state index contributed by atoms with van der Waals surface area (Å²) in [5.41, 5.74) is 1.32. The molecular formula is C18H25N5. The van der Waals surface area contributed by atoms with Crippen molar-refractivity contribution >= 4 is 5.82 Å². The van der Waals surface area contributed by atoms with Crippen LogP contribution in [0.3, 0.4) is 0 Å². The predicted octanol–water partition coefficient (Wildman–Crippen LogP) is 2.54. The molecular weight excluding hydrogens is 286 g/mol. The molecule has 4 rings (SSSR count). The lowest BCUT2D eigenvalue weighted by molar-refractivity contribution is 0.224. The van der Waals surface area contributed by atoms with E-state index in [0.717, 1.165) is 32.0 Å². The first-order chi connectivity index (χ1) is 11.4. The van der Waals surface area contributed by atoms with Crippen molar-refractivity contribution in [2.24, 2.45) is 0 Å². The first kappa shape index (κ1) is 14.7. The monoisotopic (exact) mass is 311 g/mol.